The molecule has 1 saturated heterocycles. The van der Waals surface area contributed by atoms with Crippen LogP contribution < -0.4 is 15.4 Å². The van der Waals surface area contributed by atoms with E-state index in [0.717, 1.165) is 27.7 Å². The molecule has 1 fully saturated rings. The lowest BCUT2D eigenvalue weighted by Crippen LogP contribution is -2.39. The number of fused-ring (bicyclic) bond motifs is 1. The Labute approximate surface area is 183 Å². The quantitative estimate of drug-likeness (QED) is 0.585. The number of aromatic nitrogens is 3. The van der Waals surface area contributed by atoms with E-state index in [9.17, 15) is 14.4 Å². The molecule has 10 nitrogen and oxygen atoms in total. The van der Waals surface area contributed by atoms with Gasteiger partial charge in [0.15, 0.2) is 5.82 Å². The number of nitrogens with zero attached hydrogens (tertiary/aromatic N) is 3. The number of pyridine rings is 1. The molecular weight excluding hydrogens is 414 g/mol. The third-order valence-electron chi connectivity index (χ3n) is 5.18. The van der Waals surface area contributed by atoms with E-state index >= 15 is 0 Å². The predicted octanol–water partition coefficient (Wildman–Crippen LogP) is 2.61. The normalized spacial score (nSPS) is 15.9. The minimum atomic E-state index is -0.665. The molecule has 1 atom stereocenters. The maximum Gasteiger partial charge on any atom is 0.413 e. The summed E-state index contributed by atoms with van der Waals surface area (Å²) in [6.07, 6.45) is 0.119. The summed E-state index contributed by atoms with van der Waals surface area (Å²) < 4.78 is 10.2. The first kappa shape index (κ1) is 21.2. The second-order valence-electron chi connectivity index (χ2n) is 7.36. The van der Waals surface area contributed by atoms with E-state index in [1.165, 1.54) is 7.11 Å². The van der Waals surface area contributed by atoms with Crippen molar-refractivity contribution in [3.63, 3.8) is 0 Å². The molecule has 2 N–H and O–H groups in total. The number of rotatable bonds is 5. The molecule has 4 rings (SSSR count). The molecule has 0 saturated carbocycles. The van der Waals surface area contributed by atoms with E-state index in [2.05, 4.69) is 25.8 Å². The first-order chi connectivity index (χ1) is 15.4. The highest BCUT2D eigenvalue weighted by molar-refractivity contribution is 6.01. The monoisotopic (exact) mass is 435 g/mol. The van der Waals surface area contributed by atoms with E-state index in [1.54, 1.807) is 12.1 Å². The van der Waals surface area contributed by atoms with E-state index in [-0.39, 0.29) is 24.2 Å². The van der Waals surface area contributed by atoms with Gasteiger partial charge in [0.2, 0.25) is 17.7 Å². The molecule has 1 aliphatic rings. The van der Waals surface area contributed by atoms with Crippen LogP contribution in [-0.2, 0) is 20.9 Å². The van der Waals surface area contributed by atoms with Gasteiger partial charge in [0.25, 0.3) is 0 Å². The van der Waals surface area contributed by atoms with Crippen molar-refractivity contribution in [3.05, 3.63) is 53.2 Å². The molecule has 164 valence electrons. The molecular formula is C22H21N5O5. The minimum absolute atomic E-state index is 0.0426. The number of anilines is 1. The number of imide groups is 1. The van der Waals surface area contributed by atoms with Gasteiger partial charge in [-0.3, -0.25) is 25.2 Å². The molecule has 32 heavy (non-hydrogen) atoms. The van der Waals surface area contributed by atoms with E-state index in [4.69, 9.17) is 9.47 Å². The molecule has 10 heteroatoms. The van der Waals surface area contributed by atoms with E-state index in [0.29, 0.717) is 18.7 Å². The van der Waals surface area contributed by atoms with Crippen molar-refractivity contribution >= 4 is 34.6 Å². The van der Waals surface area contributed by atoms with Crippen molar-refractivity contribution in [1.82, 2.24) is 20.5 Å². The Balaban J connectivity index is 1.43. The standard InChI is InChI=1S/C22H21N5O5/c1-12-16(15-5-7-19(28)25-21(15)29)10-14-4-3-13(9-17(14)23-12)11-32-22(30)24-18-6-8-20(31-2)27-26-18/h3-4,6,8-10,15H,5,7,11H2,1-2H3,(H,24,26,30)(H,25,28,29). The SMILES string of the molecule is COc1ccc(NC(=O)OCc2ccc3cc(C4CCC(=O)NC4=O)c(C)nc3c2)nn1. The Morgan fingerprint density at radius 1 is 1.19 bits per heavy atom. The topological polar surface area (TPSA) is 132 Å². The van der Waals surface area contributed by atoms with Crippen molar-refractivity contribution in [2.75, 3.05) is 12.4 Å². The lowest BCUT2D eigenvalue weighted by Gasteiger charge is -2.22. The second-order valence-corrected chi connectivity index (χ2v) is 7.36. The highest BCUT2D eigenvalue weighted by Crippen LogP contribution is 2.29. The summed E-state index contributed by atoms with van der Waals surface area (Å²) in [6.45, 7) is 1.88. The van der Waals surface area contributed by atoms with Gasteiger partial charge in [-0.2, -0.15) is 0 Å². The summed E-state index contributed by atoms with van der Waals surface area (Å²) in [5, 5.41) is 13.3. The number of hydrogen-bond acceptors (Lipinski definition) is 8. The lowest BCUT2D eigenvalue weighted by molar-refractivity contribution is -0.134. The van der Waals surface area contributed by atoms with E-state index in [1.807, 2.05) is 31.2 Å². The molecule has 1 aromatic carbocycles. The highest BCUT2D eigenvalue weighted by Gasteiger charge is 2.29. The van der Waals surface area contributed by atoms with Gasteiger partial charge >= 0.3 is 6.09 Å². The van der Waals surface area contributed by atoms with Crippen LogP contribution in [0.25, 0.3) is 10.9 Å². The van der Waals surface area contributed by atoms with Gasteiger partial charge in [0, 0.05) is 23.6 Å². The van der Waals surface area contributed by atoms with Crippen LogP contribution in [0.15, 0.2) is 36.4 Å². The molecule has 3 aromatic rings. The van der Waals surface area contributed by atoms with Crippen molar-refractivity contribution in [2.24, 2.45) is 0 Å². The van der Waals surface area contributed by atoms with E-state index < -0.39 is 12.0 Å². The summed E-state index contributed by atoms with van der Waals surface area (Å²) in [5.74, 6) is -0.345. The Hall–Kier alpha value is -4.08. The smallest absolute Gasteiger partial charge is 0.413 e. The van der Waals surface area contributed by atoms with Crippen LogP contribution in [-0.4, -0.2) is 40.2 Å². The van der Waals surface area contributed by atoms with Crippen LogP contribution in [0.2, 0.25) is 0 Å². The molecule has 3 heterocycles. The Morgan fingerprint density at radius 3 is 2.75 bits per heavy atom. The predicted molar refractivity (Wildman–Crippen MR) is 114 cm³/mol. The van der Waals surface area contributed by atoms with Gasteiger partial charge in [-0.05, 0) is 42.7 Å². The largest absolute Gasteiger partial charge is 0.480 e. The van der Waals surface area contributed by atoms with Crippen LogP contribution >= 0.6 is 0 Å². The Bertz CT molecular complexity index is 1200. The highest BCUT2D eigenvalue weighted by atomic mass is 16.5. The molecule has 1 aliphatic heterocycles. The van der Waals surface area contributed by atoms with Crippen molar-refractivity contribution in [1.29, 1.82) is 0 Å². The minimum Gasteiger partial charge on any atom is -0.480 e. The fourth-order valence-corrected chi connectivity index (χ4v) is 3.54. The Kier molecular flexibility index (Phi) is 5.93. The number of amides is 3. The maximum absolute atomic E-state index is 12.2. The number of hydrogen-bond donors (Lipinski definition) is 2. The molecule has 0 bridgehead atoms. The number of carbonyl (C=O) groups excluding carboxylic acids is 3. The van der Waals surface area contributed by atoms with Crippen LogP contribution in [0.5, 0.6) is 5.88 Å². The van der Waals surface area contributed by atoms with Gasteiger partial charge in [0.05, 0.1) is 18.5 Å². The number of carbonyl (C=O) groups is 3. The second kappa shape index (κ2) is 8.96. The fourth-order valence-electron chi connectivity index (χ4n) is 3.54. The maximum atomic E-state index is 12.2. The van der Waals surface area contributed by atoms with Crippen molar-refractivity contribution in [3.8, 4) is 5.88 Å². The zero-order valence-corrected chi connectivity index (χ0v) is 17.5. The first-order valence-electron chi connectivity index (χ1n) is 9.98. The summed E-state index contributed by atoms with van der Waals surface area (Å²) in [5.41, 5.74) is 3.02. The van der Waals surface area contributed by atoms with Crippen LogP contribution in [0.3, 0.4) is 0 Å². The van der Waals surface area contributed by atoms with Gasteiger partial charge in [-0.1, -0.05) is 12.1 Å². The molecule has 0 spiro atoms. The average Bonchev–Trinajstić information content (AvgIpc) is 2.78. The molecule has 3 amide bonds. The summed E-state index contributed by atoms with van der Waals surface area (Å²) in [6, 6.07) is 10.6. The lowest BCUT2D eigenvalue weighted by atomic mass is 9.89. The molecule has 2 aromatic heterocycles. The number of nitrogens with one attached hydrogen (secondary N) is 2. The number of ether oxygens (including phenoxy) is 2. The number of aryl methyl sites for hydroxylation is 1. The molecule has 0 aliphatic carbocycles. The van der Waals surface area contributed by atoms with Gasteiger partial charge < -0.3 is 9.47 Å². The fraction of sp³-hybridized carbons (Fsp3) is 0.273. The Morgan fingerprint density at radius 2 is 2.03 bits per heavy atom. The summed E-state index contributed by atoms with van der Waals surface area (Å²) >= 11 is 0. The first-order valence-corrected chi connectivity index (χ1v) is 9.98. The summed E-state index contributed by atoms with van der Waals surface area (Å²) in [7, 11) is 1.47. The van der Waals surface area contributed by atoms with Crippen LogP contribution in [0.4, 0.5) is 10.6 Å². The van der Waals surface area contributed by atoms with Gasteiger partial charge in [-0.15, -0.1) is 10.2 Å². The van der Waals surface area contributed by atoms with Crippen molar-refractivity contribution < 1.29 is 23.9 Å². The number of piperidine rings is 1. The zero-order valence-electron chi connectivity index (χ0n) is 17.5. The average molecular weight is 435 g/mol. The van der Waals surface area contributed by atoms with Crippen LogP contribution in [0.1, 0.15) is 35.6 Å². The molecule has 1 unspecified atom stereocenters. The van der Waals surface area contributed by atoms with Crippen LogP contribution in [0, 0.1) is 6.92 Å². The third-order valence-corrected chi connectivity index (χ3v) is 5.18. The zero-order chi connectivity index (χ0) is 22.7. The number of benzene rings is 1. The van der Waals surface area contributed by atoms with Gasteiger partial charge in [0.1, 0.15) is 6.61 Å². The third kappa shape index (κ3) is 4.64. The molecule has 0 radical (unpaired) electrons. The number of methoxy groups -OCH3 is 1. The van der Waals surface area contributed by atoms with Gasteiger partial charge in [-0.25, -0.2) is 4.79 Å². The van der Waals surface area contributed by atoms with Crippen molar-refractivity contribution in [2.45, 2.75) is 32.3 Å². The summed E-state index contributed by atoms with van der Waals surface area (Å²) in [4.78, 5) is 40.3.